The van der Waals surface area contributed by atoms with Crippen molar-refractivity contribution < 1.29 is 4.74 Å². The number of hydrogen-bond acceptors (Lipinski definition) is 4. The van der Waals surface area contributed by atoms with Crippen LogP contribution in [0.4, 0.5) is 0 Å². The summed E-state index contributed by atoms with van der Waals surface area (Å²) in [6.07, 6.45) is 2.99. The molecule has 4 nitrogen and oxygen atoms in total. The summed E-state index contributed by atoms with van der Waals surface area (Å²) in [4.78, 5) is 6.80. The predicted molar refractivity (Wildman–Crippen MR) is 68.5 cm³/mol. The SMILES string of the molecule is COc1ncc(CCN2CCNCC2)cc1C. The minimum atomic E-state index is 0.732. The molecule has 0 atom stereocenters. The molecule has 0 radical (unpaired) electrons. The highest BCUT2D eigenvalue weighted by Gasteiger charge is 2.09. The Morgan fingerprint density at radius 2 is 2.18 bits per heavy atom. The van der Waals surface area contributed by atoms with Crippen LogP contribution in [0.1, 0.15) is 11.1 Å². The standard InChI is InChI=1S/C13H21N3O/c1-11-9-12(10-15-13(11)17-2)3-6-16-7-4-14-5-8-16/h9-10,14H,3-8H2,1-2H3. The van der Waals surface area contributed by atoms with E-state index in [-0.39, 0.29) is 0 Å². The third-order valence-corrected chi connectivity index (χ3v) is 3.21. The first kappa shape index (κ1) is 12.3. The van der Waals surface area contributed by atoms with Crippen LogP contribution in [0.25, 0.3) is 0 Å². The summed E-state index contributed by atoms with van der Waals surface area (Å²) in [6, 6.07) is 2.17. The second kappa shape index (κ2) is 5.98. The van der Waals surface area contributed by atoms with Gasteiger partial charge in [0.1, 0.15) is 0 Å². The highest BCUT2D eigenvalue weighted by Crippen LogP contribution is 2.15. The van der Waals surface area contributed by atoms with E-state index in [0.29, 0.717) is 0 Å². The van der Waals surface area contributed by atoms with Crippen LogP contribution in [0, 0.1) is 6.92 Å². The average Bonchev–Trinajstić information content (AvgIpc) is 2.38. The summed E-state index contributed by atoms with van der Waals surface area (Å²) in [5.41, 5.74) is 2.41. The van der Waals surface area contributed by atoms with Crippen LogP contribution in [-0.4, -0.2) is 49.7 Å². The first-order chi connectivity index (χ1) is 8.29. The molecule has 0 unspecified atom stereocenters. The Morgan fingerprint density at radius 3 is 2.82 bits per heavy atom. The highest BCUT2D eigenvalue weighted by molar-refractivity contribution is 5.28. The van der Waals surface area contributed by atoms with Crippen molar-refractivity contribution in [3.05, 3.63) is 23.4 Å². The van der Waals surface area contributed by atoms with E-state index in [4.69, 9.17) is 4.74 Å². The normalized spacial score (nSPS) is 17.1. The minimum absolute atomic E-state index is 0.732. The smallest absolute Gasteiger partial charge is 0.215 e. The van der Waals surface area contributed by atoms with Crippen molar-refractivity contribution in [1.29, 1.82) is 0 Å². The van der Waals surface area contributed by atoms with Crippen molar-refractivity contribution in [2.45, 2.75) is 13.3 Å². The van der Waals surface area contributed by atoms with Gasteiger partial charge in [0.05, 0.1) is 7.11 Å². The van der Waals surface area contributed by atoms with E-state index < -0.39 is 0 Å². The molecule has 1 aromatic rings. The van der Waals surface area contributed by atoms with Crippen LogP contribution in [0.5, 0.6) is 5.88 Å². The lowest BCUT2D eigenvalue weighted by atomic mass is 10.1. The summed E-state index contributed by atoms with van der Waals surface area (Å²) in [6.45, 7) is 7.69. The number of aromatic nitrogens is 1. The van der Waals surface area contributed by atoms with Crippen LogP contribution in [0.15, 0.2) is 12.3 Å². The fraction of sp³-hybridized carbons (Fsp3) is 0.615. The molecular weight excluding hydrogens is 214 g/mol. The van der Waals surface area contributed by atoms with Crippen LogP contribution >= 0.6 is 0 Å². The zero-order chi connectivity index (χ0) is 12.1. The summed E-state index contributed by atoms with van der Waals surface area (Å²) < 4.78 is 5.16. The van der Waals surface area contributed by atoms with Crippen LogP contribution in [-0.2, 0) is 6.42 Å². The van der Waals surface area contributed by atoms with Crippen molar-refractivity contribution in [3.8, 4) is 5.88 Å². The predicted octanol–water partition coefficient (Wildman–Crippen LogP) is 0.846. The van der Waals surface area contributed by atoms with Crippen LogP contribution in [0.3, 0.4) is 0 Å². The number of methoxy groups -OCH3 is 1. The molecule has 2 heterocycles. The third-order valence-electron chi connectivity index (χ3n) is 3.21. The summed E-state index contributed by atoms with van der Waals surface area (Å²) in [5, 5.41) is 3.37. The van der Waals surface area contributed by atoms with E-state index >= 15 is 0 Å². The van der Waals surface area contributed by atoms with E-state index in [0.717, 1.165) is 50.6 Å². The number of nitrogens with zero attached hydrogens (tertiary/aromatic N) is 2. The molecule has 1 N–H and O–H groups in total. The molecule has 1 aliphatic rings. The Balaban J connectivity index is 1.87. The van der Waals surface area contributed by atoms with E-state index in [2.05, 4.69) is 21.3 Å². The number of pyridine rings is 1. The number of nitrogens with one attached hydrogen (secondary N) is 1. The topological polar surface area (TPSA) is 37.4 Å². The maximum Gasteiger partial charge on any atom is 0.215 e. The highest BCUT2D eigenvalue weighted by atomic mass is 16.5. The maximum atomic E-state index is 5.16. The van der Waals surface area contributed by atoms with Gasteiger partial charge >= 0.3 is 0 Å². The molecule has 2 rings (SSSR count). The zero-order valence-electron chi connectivity index (χ0n) is 10.7. The average molecular weight is 235 g/mol. The Bertz CT molecular complexity index is 362. The molecule has 0 amide bonds. The number of hydrogen-bond donors (Lipinski definition) is 1. The molecule has 1 saturated heterocycles. The second-order valence-corrected chi connectivity index (χ2v) is 4.51. The lowest BCUT2D eigenvalue weighted by molar-refractivity contribution is 0.244. The summed E-state index contributed by atoms with van der Waals surface area (Å²) >= 11 is 0. The van der Waals surface area contributed by atoms with Crippen LogP contribution in [0.2, 0.25) is 0 Å². The Hall–Kier alpha value is -1.13. The van der Waals surface area contributed by atoms with E-state index in [1.165, 1.54) is 5.56 Å². The summed E-state index contributed by atoms with van der Waals surface area (Å²) in [7, 11) is 1.66. The van der Waals surface area contributed by atoms with Crippen molar-refractivity contribution in [1.82, 2.24) is 15.2 Å². The van der Waals surface area contributed by atoms with Gasteiger partial charge in [0, 0.05) is 44.5 Å². The summed E-state index contributed by atoms with van der Waals surface area (Å²) in [5.74, 6) is 0.732. The number of ether oxygens (including phenoxy) is 1. The van der Waals surface area contributed by atoms with Crippen molar-refractivity contribution in [3.63, 3.8) is 0 Å². The van der Waals surface area contributed by atoms with Crippen LogP contribution < -0.4 is 10.1 Å². The van der Waals surface area contributed by atoms with Gasteiger partial charge in [0.15, 0.2) is 0 Å². The van der Waals surface area contributed by atoms with E-state index in [1.807, 2.05) is 13.1 Å². The van der Waals surface area contributed by atoms with Crippen molar-refractivity contribution >= 4 is 0 Å². The fourth-order valence-corrected chi connectivity index (χ4v) is 2.19. The lowest BCUT2D eigenvalue weighted by Crippen LogP contribution is -2.44. The Morgan fingerprint density at radius 1 is 1.41 bits per heavy atom. The molecular formula is C13H21N3O. The number of aryl methyl sites for hydroxylation is 1. The van der Waals surface area contributed by atoms with E-state index in [1.54, 1.807) is 7.11 Å². The molecule has 0 aromatic carbocycles. The van der Waals surface area contributed by atoms with Crippen molar-refractivity contribution in [2.24, 2.45) is 0 Å². The molecule has 0 spiro atoms. The van der Waals surface area contributed by atoms with Crippen molar-refractivity contribution in [2.75, 3.05) is 39.8 Å². The first-order valence-corrected chi connectivity index (χ1v) is 6.22. The van der Waals surface area contributed by atoms with Gasteiger partial charge in [0.25, 0.3) is 0 Å². The second-order valence-electron chi connectivity index (χ2n) is 4.51. The molecule has 0 bridgehead atoms. The zero-order valence-corrected chi connectivity index (χ0v) is 10.7. The Labute approximate surface area is 103 Å². The molecule has 17 heavy (non-hydrogen) atoms. The third kappa shape index (κ3) is 3.41. The molecule has 1 aromatic heterocycles. The number of rotatable bonds is 4. The minimum Gasteiger partial charge on any atom is -0.481 e. The van der Waals surface area contributed by atoms with Gasteiger partial charge in [-0.05, 0) is 25.0 Å². The van der Waals surface area contributed by atoms with Gasteiger partial charge in [-0.3, -0.25) is 0 Å². The number of piperazine rings is 1. The quantitative estimate of drug-likeness (QED) is 0.839. The fourth-order valence-electron chi connectivity index (χ4n) is 2.19. The largest absolute Gasteiger partial charge is 0.481 e. The Kier molecular flexibility index (Phi) is 4.34. The van der Waals surface area contributed by atoms with Gasteiger partial charge in [-0.25, -0.2) is 4.98 Å². The molecule has 1 fully saturated rings. The molecule has 0 aliphatic carbocycles. The molecule has 0 saturated carbocycles. The molecule has 94 valence electrons. The van der Waals surface area contributed by atoms with Gasteiger partial charge in [0.2, 0.25) is 5.88 Å². The lowest BCUT2D eigenvalue weighted by Gasteiger charge is -2.27. The van der Waals surface area contributed by atoms with Gasteiger partial charge in [-0.2, -0.15) is 0 Å². The van der Waals surface area contributed by atoms with Gasteiger partial charge in [-0.1, -0.05) is 0 Å². The van der Waals surface area contributed by atoms with E-state index in [9.17, 15) is 0 Å². The monoisotopic (exact) mass is 235 g/mol. The van der Waals surface area contributed by atoms with Gasteiger partial charge in [-0.15, -0.1) is 0 Å². The molecule has 1 aliphatic heterocycles. The van der Waals surface area contributed by atoms with Gasteiger partial charge < -0.3 is 15.0 Å². The molecule has 4 heteroatoms. The maximum absolute atomic E-state index is 5.16. The first-order valence-electron chi connectivity index (χ1n) is 6.22.